The van der Waals surface area contributed by atoms with Crippen LogP contribution in [0.15, 0.2) is 6.20 Å². The Morgan fingerprint density at radius 2 is 2.13 bits per heavy atom. The molecule has 0 amide bonds. The van der Waals surface area contributed by atoms with Crippen LogP contribution in [0.4, 0.5) is 5.69 Å². The fourth-order valence-electron chi connectivity index (χ4n) is 2.22. The molecule has 6 nitrogen and oxygen atoms in total. The van der Waals surface area contributed by atoms with Gasteiger partial charge in [-0.25, -0.2) is 0 Å². The van der Waals surface area contributed by atoms with Crippen LogP contribution in [-0.2, 0) is 5.54 Å². The summed E-state index contributed by atoms with van der Waals surface area (Å²) in [5, 5.41) is 17.2. The number of hydrogen-bond donors (Lipinski definition) is 2. The van der Waals surface area contributed by atoms with E-state index in [2.05, 4.69) is 10.2 Å². The molecular formula is C9H14N4O2. The largest absolute Gasteiger partial charge is 0.320 e. The molecule has 1 aromatic heterocycles. The molecule has 3 N–H and O–H groups in total. The first kappa shape index (κ1) is 10.1. The summed E-state index contributed by atoms with van der Waals surface area (Å²) in [6.45, 7) is 0. The fraction of sp³-hybridized carbons (Fsp3) is 0.667. The van der Waals surface area contributed by atoms with Crippen molar-refractivity contribution in [2.24, 2.45) is 5.73 Å². The van der Waals surface area contributed by atoms with E-state index in [-0.39, 0.29) is 5.69 Å². The Hall–Kier alpha value is -1.43. The minimum Gasteiger partial charge on any atom is -0.320 e. The Labute approximate surface area is 87.0 Å². The van der Waals surface area contributed by atoms with Crippen molar-refractivity contribution in [2.75, 3.05) is 0 Å². The van der Waals surface area contributed by atoms with Gasteiger partial charge >= 0.3 is 5.69 Å². The molecule has 2 rings (SSSR count). The normalized spacial score (nSPS) is 20.1. The van der Waals surface area contributed by atoms with E-state index < -0.39 is 10.5 Å². The molecule has 1 aliphatic rings. The molecule has 0 bridgehead atoms. The Morgan fingerprint density at radius 1 is 1.47 bits per heavy atom. The second-order valence-corrected chi connectivity index (χ2v) is 4.10. The summed E-state index contributed by atoms with van der Waals surface area (Å²) in [7, 11) is 0. The van der Waals surface area contributed by atoms with Gasteiger partial charge in [0.05, 0.1) is 10.5 Å². The highest BCUT2D eigenvalue weighted by Crippen LogP contribution is 2.37. The lowest BCUT2D eigenvalue weighted by Crippen LogP contribution is -2.39. The molecule has 0 atom stereocenters. The van der Waals surface area contributed by atoms with Gasteiger partial charge in [0.2, 0.25) is 0 Å². The maximum atomic E-state index is 10.8. The van der Waals surface area contributed by atoms with Crippen LogP contribution in [0.3, 0.4) is 0 Å². The van der Waals surface area contributed by atoms with Crippen molar-refractivity contribution in [3.05, 3.63) is 22.0 Å². The number of rotatable bonds is 2. The first-order valence-corrected chi connectivity index (χ1v) is 5.11. The number of aromatic nitrogens is 2. The average Bonchev–Trinajstić information content (AvgIpc) is 2.67. The zero-order valence-corrected chi connectivity index (χ0v) is 8.40. The Kier molecular flexibility index (Phi) is 2.44. The summed E-state index contributed by atoms with van der Waals surface area (Å²) in [5.74, 6) is 0. The molecule has 0 unspecified atom stereocenters. The summed E-state index contributed by atoms with van der Waals surface area (Å²) >= 11 is 0. The van der Waals surface area contributed by atoms with E-state index in [1.165, 1.54) is 6.20 Å². The van der Waals surface area contributed by atoms with Gasteiger partial charge in [-0.1, -0.05) is 19.3 Å². The zero-order valence-electron chi connectivity index (χ0n) is 8.40. The van der Waals surface area contributed by atoms with Gasteiger partial charge in [0, 0.05) is 0 Å². The van der Waals surface area contributed by atoms with Crippen molar-refractivity contribution in [2.45, 2.75) is 37.6 Å². The number of nitro groups is 1. The van der Waals surface area contributed by atoms with Gasteiger partial charge in [-0.15, -0.1) is 0 Å². The van der Waals surface area contributed by atoms with E-state index in [0.29, 0.717) is 5.69 Å². The number of nitrogens with one attached hydrogen (secondary N) is 1. The van der Waals surface area contributed by atoms with Crippen molar-refractivity contribution in [1.82, 2.24) is 10.2 Å². The predicted molar refractivity (Wildman–Crippen MR) is 54.2 cm³/mol. The van der Waals surface area contributed by atoms with E-state index in [4.69, 9.17) is 5.73 Å². The van der Waals surface area contributed by atoms with E-state index in [9.17, 15) is 10.1 Å². The molecule has 15 heavy (non-hydrogen) atoms. The quantitative estimate of drug-likeness (QED) is 0.570. The number of nitrogens with zero attached hydrogens (tertiary/aromatic N) is 2. The van der Waals surface area contributed by atoms with Gasteiger partial charge in [0.25, 0.3) is 0 Å². The molecule has 1 aliphatic carbocycles. The maximum Gasteiger partial charge on any atom is 0.311 e. The lowest BCUT2D eigenvalue weighted by atomic mass is 9.80. The first-order valence-electron chi connectivity index (χ1n) is 5.11. The number of hydrogen-bond acceptors (Lipinski definition) is 4. The molecule has 1 aromatic rings. The lowest BCUT2D eigenvalue weighted by molar-refractivity contribution is -0.386. The molecule has 1 fully saturated rings. The van der Waals surface area contributed by atoms with E-state index in [1.54, 1.807) is 0 Å². The number of aromatic amines is 1. The van der Waals surface area contributed by atoms with Crippen LogP contribution >= 0.6 is 0 Å². The Bertz CT molecular complexity index is 368. The third kappa shape index (κ3) is 1.72. The second-order valence-electron chi connectivity index (χ2n) is 4.10. The molecule has 0 radical (unpaired) electrons. The van der Waals surface area contributed by atoms with Gasteiger partial charge in [-0.05, 0) is 12.8 Å². The highest BCUT2D eigenvalue weighted by atomic mass is 16.6. The monoisotopic (exact) mass is 210 g/mol. The summed E-state index contributed by atoms with van der Waals surface area (Å²) in [6.07, 6.45) is 6.00. The highest BCUT2D eigenvalue weighted by molar-refractivity contribution is 5.37. The maximum absolute atomic E-state index is 10.8. The SMILES string of the molecule is NC1(c2[nH]ncc2[N+](=O)[O-])CCCCC1. The van der Waals surface area contributed by atoms with Crippen molar-refractivity contribution in [3.8, 4) is 0 Å². The Balaban J connectivity index is 2.34. The van der Waals surface area contributed by atoms with Crippen LogP contribution < -0.4 is 5.73 Å². The van der Waals surface area contributed by atoms with Crippen molar-refractivity contribution in [1.29, 1.82) is 0 Å². The summed E-state index contributed by atoms with van der Waals surface area (Å²) in [6, 6.07) is 0. The van der Waals surface area contributed by atoms with Crippen LogP contribution in [0.2, 0.25) is 0 Å². The zero-order chi connectivity index (χ0) is 10.9. The summed E-state index contributed by atoms with van der Waals surface area (Å²) in [5.41, 5.74) is 6.09. The number of H-pyrrole nitrogens is 1. The number of nitrogens with two attached hydrogens (primary N) is 1. The van der Waals surface area contributed by atoms with E-state index >= 15 is 0 Å². The molecule has 82 valence electrons. The average molecular weight is 210 g/mol. The van der Waals surface area contributed by atoms with Crippen molar-refractivity contribution in [3.63, 3.8) is 0 Å². The molecule has 0 aromatic carbocycles. The lowest BCUT2D eigenvalue weighted by Gasteiger charge is -2.31. The van der Waals surface area contributed by atoms with Gasteiger partial charge in [0.15, 0.2) is 0 Å². The van der Waals surface area contributed by atoms with Crippen molar-refractivity contribution >= 4 is 5.69 Å². The topological polar surface area (TPSA) is 97.8 Å². The van der Waals surface area contributed by atoms with Crippen LogP contribution in [0.25, 0.3) is 0 Å². The Morgan fingerprint density at radius 3 is 2.73 bits per heavy atom. The second kappa shape index (κ2) is 3.62. The van der Waals surface area contributed by atoms with Gasteiger partial charge in [0.1, 0.15) is 11.9 Å². The van der Waals surface area contributed by atoms with Crippen LogP contribution in [-0.4, -0.2) is 15.1 Å². The van der Waals surface area contributed by atoms with Gasteiger partial charge < -0.3 is 5.73 Å². The molecule has 0 aliphatic heterocycles. The fourth-order valence-corrected chi connectivity index (χ4v) is 2.22. The minimum atomic E-state index is -0.586. The third-order valence-corrected chi connectivity index (χ3v) is 3.06. The molecular weight excluding hydrogens is 196 g/mol. The van der Waals surface area contributed by atoms with Crippen LogP contribution in [0.5, 0.6) is 0 Å². The predicted octanol–water partition coefficient (Wildman–Crippen LogP) is 1.44. The van der Waals surface area contributed by atoms with E-state index in [1.807, 2.05) is 0 Å². The van der Waals surface area contributed by atoms with Gasteiger partial charge in [-0.3, -0.25) is 15.2 Å². The van der Waals surface area contributed by atoms with Crippen LogP contribution in [0.1, 0.15) is 37.8 Å². The molecule has 6 heteroatoms. The van der Waals surface area contributed by atoms with Crippen molar-refractivity contribution < 1.29 is 4.92 Å². The van der Waals surface area contributed by atoms with Crippen LogP contribution in [0, 0.1) is 10.1 Å². The van der Waals surface area contributed by atoms with Gasteiger partial charge in [-0.2, -0.15) is 5.10 Å². The molecule has 0 saturated heterocycles. The smallest absolute Gasteiger partial charge is 0.311 e. The first-order chi connectivity index (χ1) is 7.13. The minimum absolute atomic E-state index is 0.0133. The summed E-state index contributed by atoms with van der Waals surface area (Å²) < 4.78 is 0. The third-order valence-electron chi connectivity index (χ3n) is 3.06. The molecule has 0 spiro atoms. The highest BCUT2D eigenvalue weighted by Gasteiger charge is 2.37. The summed E-state index contributed by atoms with van der Waals surface area (Å²) in [4.78, 5) is 10.3. The molecule has 1 heterocycles. The standard InChI is InChI=1S/C9H14N4O2/c10-9(4-2-1-3-5-9)8-7(13(14)15)6-11-12-8/h6H,1-5,10H2,(H,11,12). The molecule has 1 saturated carbocycles. The van der Waals surface area contributed by atoms with E-state index in [0.717, 1.165) is 32.1 Å².